The Bertz CT molecular complexity index is 860. The molecule has 2 heterocycles. The van der Waals surface area contributed by atoms with Crippen molar-refractivity contribution in [3.63, 3.8) is 0 Å². The van der Waals surface area contributed by atoms with Crippen molar-refractivity contribution in [2.75, 3.05) is 0 Å². The van der Waals surface area contributed by atoms with Crippen LogP contribution in [0, 0.1) is 5.41 Å². The second-order valence-electron chi connectivity index (χ2n) is 4.37. The zero-order chi connectivity index (χ0) is 14.1. The van der Waals surface area contributed by atoms with Crippen LogP contribution in [0.15, 0.2) is 41.5 Å². The molecule has 0 radical (unpaired) electrons. The van der Waals surface area contributed by atoms with Crippen LogP contribution in [0.2, 0.25) is 0 Å². The van der Waals surface area contributed by atoms with Gasteiger partial charge in [0.15, 0.2) is 11.1 Å². The SMILES string of the molecule is Cn1c(=O)[nH]c2c(=N)n(OCc3ccccc3)cnc21. The number of rotatable bonds is 3. The molecule has 0 aliphatic carbocycles. The number of fused-ring (bicyclic) bond motifs is 1. The molecule has 0 saturated heterocycles. The van der Waals surface area contributed by atoms with Gasteiger partial charge < -0.3 is 9.82 Å². The van der Waals surface area contributed by atoms with Gasteiger partial charge in [0.05, 0.1) is 0 Å². The van der Waals surface area contributed by atoms with Gasteiger partial charge in [0.2, 0.25) is 0 Å². The molecule has 102 valence electrons. The molecule has 0 spiro atoms. The topological polar surface area (TPSA) is 88.7 Å². The highest BCUT2D eigenvalue weighted by Crippen LogP contribution is 2.00. The van der Waals surface area contributed by atoms with E-state index in [0.717, 1.165) is 5.56 Å². The number of nitrogens with zero attached hydrogens (tertiary/aromatic N) is 3. The van der Waals surface area contributed by atoms with E-state index in [9.17, 15) is 4.79 Å². The first-order chi connectivity index (χ1) is 9.66. The normalized spacial score (nSPS) is 10.8. The lowest BCUT2D eigenvalue weighted by Gasteiger charge is -2.08. The van der Waals surface area contributed by atoms with Crippen molar-refractivity contribution in [2.45, 2.75) is 6.61 Å². The lowest BCUT2D eigenvalue weighted by Crippen LogP contribution is -2.27. The molecule has 7 heteroatoms. The van der Waals surface area contributed by atoms with E-state index in [-0.39, 0.29) is 11.2 Å². The molecule has 20 heavy (non-hydrogen) atoms. The Morgan fingerprint density at radius 2 is 2.10 bits per heavy atom. The summed E-state index contributed by atoms with van der Waals surface area (Å²) in [6, 6.07) is 9.62. The zero-order valence-electron chi connectivity index (χ0n) is 10.8. The van der Waals surface area contributed by atoms with Crippen molar-refractivity contribution < 1.29 is 4.84 Å². The summed E-state index contributed by atoms with van der Waals surface area (Å²) in [4.78, 5) is 23.7. The van der Waals surface area contributed by atoms with E-state index in [0.29, 0.717) is 17.8 Å². The molecule has 0 aliphatic rings. The Kier molecular flexibility index (Phi) is 2.86. The number of benzene rings is 1. The van der Waals surface area contributed by atoms with Crippen LogP contribution < -0.4 is 16.0 Å². The first-order valence-electron chi connectivity index (χ1n) is 6.05. The fourth-order valence-electron chi connectivity index (χ4n) is 1.92. The van der Waals surface area contributed by atoms with E-state index in [4.69, 9.17) is 10.2 Å². The van der Waals surface area contributed by atoms with Gasteiger partial charge in [0, 0.05) is 7.05 Å². The number of aryl methyl sites for hydroxylation is 1. The fourth-order valence-corrected chi connectivity index (χ4v) is 1.92. The summed E-state index contributed by atoms with van der Waals surface area (Å²) in [6.07, 6.45) is 1.39. The van der Waals surface area contributed by atoms with E-state index >= 15 is 0 Å². The van der Waals surface area contributed by atoms with Gasteiger partial charge in [-0.1, -0.05) is 30.3 Å². The third kappa shape index (κ3) is 1.99. The standard InChI is InChI=1S/C13H13N5O2/c1-17-12-10(16-13(17)19)11(14)18(8-15-12)20-7-9-5-3-2-4-6-9/h2-6,8,14H,7H2,1H3,(H,16,19). The zero-order valence-corrected chi connectivity index (χ0v) is 10.8. The Labute approximate surface area is 113 Å². The van der Waals surface area contributed by atoms with Crippen molar-refractivity contribution in [2.24, 2.45) is 7.05 Å². The molecule has 0 atom stereocenters. The molecule has 0 fully saturated rings. The molecule has 0 aliphatic heterocycles. The molecule has 0 amide bonds. The lowest BCUT2D eigenvalue weighted by atomic mass is 10.2. The van der Waals surface area contributed by atoms with Crippen molar-refractivity contribution in [3.05, 3.63) is 58.2 Å². The minimum absolute atomic E-state index is 0.0589. The highest BCUT2D eigenvalue weighted by molar-refractivity contribution is 5.68. The number of hydrogen-bond acceptors (Lipinski definition) is 4. The van der Waals surface area contributed by atoms with Crippen LogP contribution in [-0.2, 0) is 13.7 Å². The number of hydrogen-bond donors (Lipinski definition) is 2. The number of imidazole rings is 1. The quantitative estimate of drug-likeness (QED) is 0.711. The van der Waals surface area contributed by atoms with Gasteiger partial charge in [-0.2, -0.15) is 4.73 Å². The minimum Gasteiger partial charge on any atom is -0.406 e. The third-order valence-electron chi connectivity index (χ3n) is 3.03. The van der Waals surface area contributed by atoms with Gasteiger partial charge in [-0.15, -0.1) is 0 Å². The molecule has 0 saturated carbocycles. The fraction of sp³-hybridized carbons (Fsp3) is 0.154. The highest BCUT2D eigenvalue weighted by atomic mass is 16.7. The van der Waals surface area contributed by atoms with Crippen molar-refractivity contribution in [1.82, 2.24) is 19.3 Å². The maximum absolute atomic E-state index is 11.5. The summed E-state index contributed by atoms with van der Waals surface area (Å²) in [7, 11) is 1.60. The number of nitrogens with one attached hydrogen (secondary N) is 2. The van der Waals surface area contributed by atoms with Crippen LogP contribution in [0.4, 0.5) is 0 Å². The summed E-state index contributed by atoms with van der Waals surface area (Å²) >= 11 is 0. The van der Waals surface area contributed by atoms with Crippen molar-refractivity contribution >= 4 is 11.2 Å². The first kappa shape index (κ1) is 12.2. The maximum atomic E-state index is 11.5. The molecule has 3 aromatic rings. The largest absolute Gasteiger partial charge is 0.406 e. The van der Waals surface area contributed by atoms with Crippen molar-refractivity contribution in [3.8, 4) is 0 Å². The van der Waals surface area contributed by atoms with E-state index < -0.39 is 0 Å². The summed E-state index contributed by atoms with van der Waals surface area (Å²) < 4.78 is 2.60. The van der Waals surface area contributed by atoms with Gasteiger partial charge in [0.25, 0.3) is 0 Å². The monoisotopic (exact) mass is 271 g/mol. The van der Waals surface area contributed by atoms with E-state index in [2.05, 4.69) is 9.97 Å². The van der Waals surface area contributed by atoms with Crippen LogP contribution >= 0.6 is 0 Å². The van der Waals surface area contributed by atoms with Crippen LogP contribution in [0.3, 0.4) is 0 Å². The van der Waals surface area contributed by atoms with Gasteiger partial charge >= 0.3 is 5.69 Å². The minimum atomic E-state index is -0.304. The summed E-state index contributed by atoms with van der Waals surface area (Å²) in [6.45, 7) is 0.321. The smallest absolute Gasteiger partial charge is 0.327 e. The van der Waals surface area contributed by atoms with Gasteiger partial charge in [-0.25, -0.2) is 9.78 Å². The second kappa shape index (κ2) is 4.69. The molecular formula is C13H13N5O2. The molecule has 1 aromatic carbocycles. The Morgan fingerprint density at radius 1 is 1.35 bits per heavy atom. The number of aromatic amines is 1. The first-order valence-corrected chi connectivity index (χ1v) is 6.05. The highest BCUT2D eigenvalue weighted by Gasteiger charge is 2.08. The Morgan fingerprint density at radius 3 is 2.85 bits per heavy atom. The van der Waals surface area contributed by atoms with Crippen LogP contribution in [0.5, 0.6) is 0 Å². The predicted molar refractivity (Wildman–Crippen MR) is 71.9 cm³/mol. The molecule has 3 rings (SSSR count). The Balaban J connectivity index is 1.95. The maximum Gasteiger partial charge on any atom is 0.327 e. The molecule has 2 aromatic heterocycles. The second-order valence-corrected chi connectivity index (χ2v) is 4.37. The lowest BCUT2D eigenvalue weighted by molar-refractivity contribution is 0.0850. The van der Waals surface area contributed by atoms with E-state index in [1.54, 1.807) is 7.05 Å². The van der Waals surface area contributed by atoms with Crippen LogP contribution in [0.25, 0.3) is 11.2 Å². The average Bonchev–Trinajstić information content (AvgIpc) is 2.76. The van der Waals surface area contributed by atoms with Gasteiger partial charge in [0.1, 0.15) is 18.5 Å². The number of H-pyrrole nitrogens is 1. The third-order valence-corrected chi connectivity index (χ3v) is 3.03. The van der Waals surface area contributed by atoms with Crippen molar-refractivity contribution in [1.29, 1.82) is 5.41 Å². The van der Waals surface area contributed by atoms with Crippen LogP contribution in [-0.4, -0.2) is 19.3 Å². The Hall–Kier alpha value is -2.83. The number of aromatic nitrogens is 4. The van der Waals surface area contributed by atoms with Gasteiger partial charge in [-0.3, -0.25) is 9.98 Å². The molecular weight excluding hydrogens is 258 g/mol. The molecule has 0 bridgehead atoms. The predicted octanol–water partition coefficient (Wildman–Crippen LogP) is 0.171. The van der Waals surface area contributed by atoms with E-state index in [1.807, 2.05) is 30.3 Å². The van der Waals surface area contributed by atoms with Crippen LogP contribution in [0.1, 0.15) is 5.56 Å². The molecule has 2 N–H and O–H groups in total. The van der Waals surface area contributed by atoms with Gasteiger partial charge in [-0.05, 0) is 5.56 Å². The summed E-state index contributed by atoms with van der Waals surface area (Å²) in [5.74, 6) is 0. The summed E-state index contributed by atoms with van der Waals surface area (Å²) in [5.41, 5.74) is 1.53. The van der Waals surface area contributed by atoms with E-state index in [1.165, 1.54) is 15.6 Å². The summed E-state index contributed by atoms with van der Waals surface area (Å²) in [5, 5.41) is 8.03. The molecule has 7 nitrogen and oxygen atoms in total. The molecule has 0 unspecified atom stereocenters. The average molecular weight is 271 g/mol.